The van der Waals surface area contributed by atoms with E-state index in [1.807, 2.05) is 43.3 Å². The van der Waals surface area contributed by atoms with E-state index in [-0.39, 0.29) is 17.9 Å². The summed E-state index contributed by atoms with van der Waals surface area (Å²) >= 11 is 0. The number of benzene rings is 1. The largest absolute Gasteiger partial charge is 0.433 e. The van der Waals surface area contributed by atoms with Crippen molar-refractivity contribution < 1.29 is 13.2 Å². The highest BCUT2D eigenvalue weighted by molar-refractivity contribution is 5.53. The van der Waals surface area contributed by atoms with Gasteiger partial charge in [-0.25, -0.2) is 9.67 Å². The van der Waals surface area contributed by atoms with E-state index >= 15 is 0 Å². The predicted molar refractivity (Wildman–Crippen MR) is 89.6 cm³/mol. The molecule has 3 aromatic rings. The summed E-state index contributed by atoms with van der Waals surface area (Å²) < 4.78 is 40.3. The van der Waals surface area contributed by atoms with Crippen molar-refractivity contribution in [3.63, 3.8) is 0 Å². The molecule has 0 saturated carbocycles. The molecule has 132 valence electrons. The number of rotatable bonds is 4. The lowest BCUT2D eigenvalue weighted by Gasteiger charge is -2.13. The summed E-state index contributed by atoms with van der Waals surface area (Å²) in [4.78, 5) is 3.56. The van der Waals surface area contributed by atoms with Gasteiger partial charge >= 0.3 is 6.18 Å². The average Bonchev–Trinajstić information content (AvgIpc) is 3.05. The lowest BCUT2D eigenvalue weighted by molar-refractivity contribution is -0.141. The van der Waals surface area contributed by atoms with Crippen molar-refractivity contribution >= 4 is 5.82 Å². The number of aryl methyl sites for hydroxylation is 1. The van der Waals surface area contributed by atoms with E-state index in [4.69, 9.17) is 5.26 Å². The standard InChI is InChI=1S/C18H14F3N5/c1-12-8-9-26(25-12)15-5-3-2-4-14(15)11-23-17-13(10-22)6-7-16(24-17)18(19,20)21/h2-9H,11H2,1H3,(H,23,24). The van der Waals surface area contributed by atoms with Crippen LogP contribution >= 0.6 is 0 Å². The molecule has 5 nitrogen and oxygen atoms in total. The molecule has 0 radical (unpaired) electrons. The van der Waals surface area contributed by atoms with Crippen molar-refractivity contribution in [2.45, 2.75) is 19.6 Å². The van der Waals surface area contributed by atoms with Crippen molar-refractivity contribution in [1.82, 2.24) is 14.8 Å². The number of nitrogens with zero attached hydrogens (tertiary/aromatic N) is 4. The van der Waals surface area contributed by atoms with Crippen LogP contribution in [0.15, 0.2) is 48.7 Å². The number of nitriles is 1. The van der Waals surface area contributed by atoms with E-state index in [1.54, 1.807) is 10.9 Å². The quantitative estimate of drug-likeness (QED) is 0.764. The van der Waals surface area contributed by atoms with Gasteiger partial charge in [-0.15, -0.1) is 0 Å². The van der Waals surface area contributed by atoms with Gasteiger partial charge in [-0.1, -0.05) is 18.2 Å². The first kappa shape index (κ1) is 17.5. The summed E-state index contributed by atoms with van der Waals surface area (Å²) in [7, 11) is 0. The number of anilines is 1. The molecule has 0 unspecified atom stereocenters. The predicted octanol–water partition coefficient (Wildman–Crippen LogP) is 4.08. The number of nitrogens with one attached hydrogen (secondary N) is 1. The molecule has 0 spiro atoms. The van der Waals surface area contributed by atoms with Gasteiger partial charge in [-0.3, -0.25) is 0 Å². The minimum atomic E-state index is -4.57. The van der Waals surface area contributed by atoms with Crippen LogP contribution in [0.5, 0.6) is 0 Å². The number of halogens is 3. The Hall–Kier alpha value is -3.34. The van der Waals surface area contributed by atoms with E-state index in [2.05, 4.69) is 15.4 Å². The number of alkyl halides is 3. The Morgan fingerprint density at radius 2 is 1.92 bits per heavy atom. The molecule has 0 aliphatic carbocycles. The van der Waals surface area contributed by atoms with Crippen LogP contribution in [0.25, 0.3) is 5.69 Å². The molecule has 0 aliphatic heterocycles. The van der Waals surface area contributed by atoms with Gasteiger partial charge in [0.1, 0.15) is 17.6 Å². The third-order valence-corrected chi connectivity index (χ3v) is 3.71. The summed E-state index contributed by atoms with van der Waals surface area (Å²) in [6, 6.07) is 13.0. The second kappa shape index (κ2) is 6.88. The summed E-state index contributed by atoms with van der Waals surface area (Å²) in [5, 5.41) is 16.3. The normalized spacial score (nSPS) is 11.2. The topological polar surface area (TPSA) is 66.5 Å². The van der Waals surface area contributed by atoms with Crippen LogP contribution in [0, 0.1) is 18.3 Å². The highest BCUT2D eigenvalue weighted by atomic mass is 19.4. The van der Waals surface area contributed by atoms with Gasteiger partial charge in [0.25, 0.3) is 0 Å². The number of aromatic nitrogens is 3. The van der Waals surface area contributed by atoms with Crippen molar-refractivity contribution in [2.24, 2.45) is 0 Å². The maximum Gasteiger partial charge on any atom is 0.433 e. The van der Waals surface area contributed by atoms with E-state index in [1.165, 1.54) is 0 Å². The molecule has 1 aromatic carbocycles. The Balaban J connectivity index is 1.90. The third-order valence-electron chi connectivity index (χ3n) is 3.71. The fraction of sp³-hybridized carbons (Fsp3) is 0.167. The Bertz CT molecular complexity index is 969. The van der Waals surface area contributed by atoms with Gasteiger partial charge in [0.15, 0.2) is 0 Å². The first-order valence-corrected chi connectivity index (χ1v) is 7.71. The number of pyridine rings is 1. The van der Waals surface area contributed by atoms with Gasteiger partial charge in [0, 0.05) is 12.7 Å². The Morgan fingerprint density at radius 1 is 1.15 bits per heavy atom. The van der Waals surface area contributed by atoms with Crippen LogP contribution in [-0.4, -0.2) is 14.8 Å². The van der Waals surface area contributed by atoms with Gasteiger partial charge < -0.3 is 5.32 Å². The smallest absolute Gasteiger partial charge is 0.365 e. The molecular formula is C18H14F3N5. The van der Waals surface area contributed by atoms with E-state index < -0.39 is 11.9 Å². The third kappa shape index (κ3) is 3.67. The van der Waals surface area contributed by atoms with Crippen molar-refractivity contribution in [1.29, 1.82) is 5.26 Å². The summed E-state index contributed by atoms with van der Waals surface area (Å²) in [5.41, 5.74) is 1.44. The van der Waals surface area contributed by atoms with Crippen LogP contribution in [0.4, 0.5) is 19.0 Å². The molecule has 0 bridgehead atoms. The molecule has 0 saturated heterocycles. The molecule has 26 heavy (non-hydrogen) atoms. The molecule has 3 rings (SSSR count). The molecule has 0 amide bonds. The fourth-order valence-electron chi connectivity index (χ4n) is 2.45. The highest BCUT2D eigenvalue weighted by Crippen LogP contribution is 2.29. The molecule has 1 N–H and O–H groups in total. The average molecular weight is 357 g/mol. The van der Waals surface area contributed by atoms with Crippen molar-refractivity contribution in [3.8, 4) is 11.8 Å². The van der Waals surface area contributed by atoms with Crippen molar-refractivity contribution in [3.05, 3.63) is 71.2 Å². The van der Waals surface area contributed by atoms with Crippen LogP contribution in [0.2, 0.25) is 0 Å². The van der Waals surface area contributed by atoms with Crippen LogP contribution in [0.3, 0.4) is 0 Å². The molecule has 0 atom stereocenters. The number of hydrogen-bond donors (Lipinski definition) is 1. The Kier molecular flexibility index (Phi) is 4.63. The molecular weight excluding hydrogens is 343 g/mol. The maximum atomic E-state index is 12.9. The zero-order chi connectivity index (χ0) is 18.7. The van der Waals surface area contributed by atoms with Crippen LogP contribution in [0.1, 0.15) is 22.5 Å². The van der Waals surface area contributed by atoms with E-state index in [0.717, 1.165) is 29.1 Å². The fourth-order valence-corrected chi connectivity index (χ4v) is 2.45. The lowest BCUT2D eigenvalue weighted by atomic mass is 10.1. The zero-order valence-electron chi connectivity index (χ0n) is 13.7. The van der Waals surface area contributed by atoms with Gasteiger partial charge in [-0.05, 0) is 36.8 Å². The summed E-state index contributed by atoms with van der Waals surface area (Å²) in [6.07, 6.45) is -2.77. The minimum Gasteiger partial charge on any atom is -0.365 e. The second-order valence-electron chi connectivity index (χ2n) is 5.59. The molecule has 0 fully saturated rings. The highest BCUT2D eigenvalue weighted by Gasteiger charge is 2.33. The lowest BCUT2D eigenvalue weighted by Crippen LogP contribution is -2.12. The Morgan fingerprint density at radius 3 is 2.58 bits per heavy atom. The van der Waals surface area contributed by atoms with Gasteiger partial charge in [0.05, 0.1) is 16.9 Å². The summed E-state index contributed by atoms with van der Waals surface area (Å²) in [5.74, 6) is -0.103. The maximum absolute atomic E-state index is 12.9. The van der Waals surface area contributed by atoms with Crippen LogP contribution < -0.4 is 5.32 Å². The SMILES string of the molecule is Cc1ccn(-c2ccccc2CNc2nc(C(F)(F)F)ccc2C#N)n1. The molecule has 0 aliphatic rings. The number of para-hydroxylation sites is 1. The molecule has 2 aromatic heterocycles. The summed E-state index contributed by atoms with van der Waals surface area (Å²) in [6.45, 7) is 2.06. The second-order valence-corrected chi connectivity index (χ2v) is 5.59. The minimum absolute atomic E-state index is 0.0467. The zero-order valence-corrected chi connectivity index (χ0v) is 13.7. The van der Waals surface area contributed by atoms with Crippen molar-refractivity contribution in [2.75, 3.05) is 5.32 Å². The first-order valence-electron chi connectivity index (χ1n) is 7.71. The van der Waals surface area contributed by atoms with E-state index in [0.29, 0.717) is 0 Å². The Labute approximate surface area is 147 Å². The molecule has 8 heteroatoms. The van der Waals surface area contributed by atoms with Gasteiger partial charge in [-0.2, -0.15) is 23.5 Å². The first-order chi connectivity index (χ1) is 12.4. The van der Waals surface area contributed by atoms with Gasteiger partial charge in [0.2, 0.25) is 0 Å². The monoisotopic (exact) mass is 357 g/mol. The number of hydrogen-bond acceptors (Lipinski definition) is 4. The van der Waals surface area contributed by atoms with Crippen LogP contribution in [-0.2, 0) is 12.7 Å². The van der Waals surface area contributed by atoms with E-state index in [9.17, 15) is 13.2 Å². The molecule has 2 heterocycles.